The summed E-state index contributed by atoms with van der Waals surface area (Å²) in [6.45, 7) is 7.10. The van der Waals surface area contributed by atoms with Gasteiger partial charge >= 0.3 is 0 Å². The minimum absolute atomic E-state index is 0.0726. The van der Waals surface area contributed by atoms with Crippen molar-refractivity contribution < 1.29 is 4.79 Å². The van der Waals surface area contributed by atoms with Crippen molar-refractivity contribution in [3.8, 4) is 0 Å². The summed E-state index contributed by atoms with van der Waals surface area (Å²) in [5.74, 6) is 0.454. The third-order valence-corrected chi connectivity index (χ3v) is 4.62. The summed E-state index contributed by atoms with van der Waals surface area (Å²) in [6, 6.07) is 10.4. The van der Waals surface area contributed by atoms with Crippen LogP contribution >= 0.6 is 0 Å². The third kappa shape index (κ3) is 4.41. The van der Waals surface area contributed by atoms with Gasteiger partial charge in [0.2, 0.25) is 0 Å². The van der Waals surface area contributed by atoms with Gasteiger partial charge in [-0.15, -0.1) is 0 Å². The normalized spacial score (nSPS) is 14.3. The number of carbonyl (C=O) groups excluding carboxylic acids is 1. The Morgan fingerprint density at radius 2 is 2.00 bits per heavy atom. The molecule has 0 bridgehead atoms. The Hall–Kier alpha value is -2.30. The van der Waals surface area contributed by atoms with Crippen molar-refractivity contribution in [1.29, 1.82) is 0 Å². The van der Waals surface area contributed by atoms with E-state index in [-0.39, 0.29) is 5.91 Å². The van der Waals surface area contributed by atoms with Gasteiger partial charge in [-0.1, -0.05) is 26.0 Å². The summed E-state index contributed by atoms with van der Waals surface area (Å²) in [5, 5.41) is 7.46. The number of nitrogens with zero attached hydrogens (tertiary/aromatic N) is 3. The first-order valence-corrected chi connectivity index (χ1v) is 9.18. The monoisotopic (exact) mass is 340 g/mol. The maximum atomic E-state index is 12.5. The van der Waals surface area contributed by atoms with Gasteiger partial charge in [0, 0.05) is 32.4 Å². The molecule has 0 saturated carbocycles. The molecule has 2 heterocycles. The van der Waals surface area contributed by atoms with Crippen LogP contribution in [0.1, 0.15) is 48.4 Å². The number of anilines is 1. The minimum Gasteiger partial charge on any atom is -0.372 e. The molecule has 0 spiro atoms. The van der Waals surface area contributed by atoms with Crippen LogP contribution in [0.4, 0.5) is 5.69 Å². The van der Waals surface area contributed by atoms with Gasteiger partial charge in [0.25, 0.3) is 5.91 Å². The highest BCUT2D eigenvalue weighted by Gasteiger charge is 2.15. The molecule has 1 aliphatic heterocycles. The number of amides is 1. The molecular formula is C20H28N4O. The largest absolute Gasteiger partial charge is 0.372 e. The van der Waals surface area contributed by atoms with E-state index in [2.05, 4.69) is 53.4 Å². The van der Waals surface area contributed by atoms with E-state index in [1.165, 1.54) is 18.5 Å². The highest BCUT2D eigenvalue weighted by Crippen LogP contribution is 2.21. The molecule has 134 valence electrons. The van der Waals surface area contributed by atoms with E-state index in [1.807, 2.05) is 13.1 Å². The average Bonchev–Trinajstić information content (AvgIpc) is 3.22. The number of benzene rings is 1. The van der Waals surface area contributed by atoms with Crippen LogP contribution in [0.5, 0.6) is 0 Å². The molecule has 3 rings (SSSR count). The molecule has 1 amide bonds. The van der Waals surface area contributed by atoms with E-state index in [0.29, 0.717) is 18.2 Å². The molecule has 1 aliphatic rings. The van der Waals surface area contributed by atoms with Crippen molar-refractivity contribution in [3.05, 3.63) is 47.3 Å². The fraction of sp³-hybridized carbons (Fsp3) is 0.500. The average molecular weight is 340 g/mol. The van der Waals surface area contributed by atoms with Gasteiger partial charge in [-0.2, -0.15) is 5.10 Å². The molecule has 0 unspecified atom stereocenters. The van der Waals surface area contributed by atoms with E-state index < -0.39 is 0 Å². The fourth-order valence-electron chi connectivity index (χ4n) is 3.37. The lowest BCUT2D eigenvalue weighted by Crippen LogP contribution is -2.25. The Balaban J connectivity index is 1.62. The molecule has 1 aromatic carbocycles. The molecule has 1 N–H and O–H groups in total. The lowest BCUT2D eigenvalue weighted by Gasteiger charge is -2.18. The molecule has 1 aromatic heterocycles. The Labute approximate surface area is 150 Å². The number of aryl methyl sites for hydroxylation is 1. The van der Waals surface area contributed by atoms with Crippen LogP contribution in [0, 0.1) is 5.92 Å². The van der Waals surface area contributed by atoms with E-state index >= 15 is 0 Å². The zero-order chi connectivity index (χ0) is 17.8. The van der Waals surface area contributed by atoms with Gasteiger partial charge in [0.15, 0.2) is 0 Å². The van der Waals surface area contributed by atoms with E-state index in [0.717, 1.165) is 30.8 Å². The molecule has 2 aromatic rings. The van der Waals surface area contributed by atoms with Crippen molar-refractivity contribution >= 4 is 11.6 Å². The standard InChI is InChI=1S/C20H28N4O/c1-15(2)11-17-13-19(23(3)22-17)20(25)21-14-16-7-6-8-18(12-16)24-9-4-5-10-24/h6-8,12-13,15H,4-5,9-11,14H2,1-3H3,(H,21,25). The second-order valence-corrected chi connectivity index (χ2v) is 7.29. The van der Waals surface area contributed by atoms with Crippen molar-refractivity contribution in [2.24, 2.45) is 13.0 Å². The Bertz CT molecular complexity index is 729. The number of carbonyl (C=O) groups is 1. The van der Waals surface area contributed by atoms with E-state index in [1.54, 1.807) is 4.68 Å². The predicted molar refractivity (Wildman–Crippen MR) is 101 cm³/mol. The fourth-order valence-corrected chi connectivity index (χ4v) is 3.37. The highest BCUT2D eigenvalue weighted by atomic mass is 16.2. The van der Waals surface area contributed by atoms with Gasteiger partial charge in [0.05, 0.1) is 5.69 Å². The van der Waals surface area contributed by atoms with E-state index in [9.17, 15) is 4.79 Å². The summed E-state index contributed by atoms with van der Waals surface area (Å²) in [5.41, 5.74) is 3.97. The highest BCUT2D eigenvalue weighted by molar-refractivity contribution is 5.92. The first-order chi connectivity index (χ1) is 12.0. The zero-order valence-electron chi connectivity index (χ0n) is 15.5. The first-order valence-electron chi connectivity index (χ1n) is 9.18. The van der Waals surface area contributed by atoms with Crippen LogP contribution in [0.15, 0.2) is 30.3 Å². The molecule has 5 heteroatoms. The van der Waals surface area contributed by atoms with Gasteiger partial charge in [0.1, 0.15) is 5.69 Å². The number of rotatable bonds is 6. The lowest BCUT2D eigenvalue weighted by atomic mass is 10.1. The maximum absolute atomic E-state index is 12.5. The topological polar surface area (TPSA) is 50.2 Å². The second-order valence-electron chi connectivity index (χ2n) is 7.29. The molecule has 1 fully saturated rings. The summed E-state index contributed by atoms with van der Waals surface area (Å²) < 4.78 is 1.67. The van der Waals surface area contributed by atoms with Gasteiger partial charge in [-0.05, 0) is 48.9 Å². The van der Waals surface area contributed by atoms with Crippen LogP contribution < -0.4 is 10.2 Å². The molecule has 1 saturated heterocycles. The molecule has 0 aliphatic carbocycles. The molecule has 5 nitrogen and oxygen atoms in total. The molecule has 0 atom stereocenters. The maximum Gasteiger partial charge on any atom is 0.269 e. The molecular weight excluding hydrogens is 312 g/mol. The zero-order valence-corrected chi connectivity index (χ0v) is 15.5. The van der Waals surface area contributed by atoms with Crippen molar-refractivity contribution in [3.63, 3.8) is 0 Å². The lowest BCUT2D eigenvalue weighted by molar-refractivity contribution is 0.0941. The second kappa shape index (κ2) is 7.72. The Morgan fingerprint density at radius 1 is 1.24 bits per heavy atom. The Kier molecular flexibility index (Phi) is 5.41. The minimum atomic E-state index is -0.0726. The van der Waals surface area contributed by atoms with E-state index in [4.69, 9.17) is 0 Å². The quantitative estimate of drug-likeness (QED) is 0.879. The molecule has 25 heavy (non-hydrogen) atoms. The summed E-state index contributed by atoms with van der Waals surface area (Å²) >= 11 is 0. The predicted octanol–water partition coefficient (Wildman–Crippen LogP) is 3.15. The van der Waals surface area contributed by atoms with Crippen LogP contribution in [0.25, 0.3) is 0 Å². The van der Waals surface area contributed by atoms with Crippen molar-refractivity contribution in [1.82, 2.24) is 15.1 Å². The summed E-state index contributed by atoms with van der Waals surface area (Å²) in [7, 11) is 1.83. The SMILES string of the molecule is CC(C)Cc1cc(C(=O)NCc2cccc(N3CCCC3)c2)n(C)n1. The van der Waals surface area contributed by atoms with Gasteiger partial charge in [-0.3, -0.25) is 9.48 Å². The smallest absolute Gasteiger partial charge is 0.269 e. The van der Waals surface area contributed by atoms with Gasteiger partial charge < -0.3 is 10.2 Å². The third-order valence-electron chi connectivity index (χ3n) is 4.62. The Morgan fingerprint density at radius 3 is 2.72 bits per heavy atom. The van der Waals surface area contributed by atoms with Crippen molar-refractivity contribution in [2.45, 2.75) is 39.7 Å². The number of hydrogen-bond acceptors (Lipinski definition) is 3. The number of nitrogens with one attached hydrogen (secondary N) is 1. The number of hydrogen-bond donors (Lipinski definition) is 1. The number of aromatic nitrogens is 2. The summed E-state index contributed by atoms with van der Waals surface area (Å²) in [6.07, 6.45) is 3.42. The van der Waals surface area contributed by atoms with Crippen LogP contribution in [0.3, 0.4) is 0 Å². The van der Waals surface area contributed by atoms with Crippen LogP contribution in [-0.4, -0.2) is 28.8 Å². The van der Waals surface area contributed by atoms with Crippen molar-refractivity contribution in [2.75, 3.05) is 18.0 Å². The van der Waals surface area contributed by atoms with Crippen LogP contribution in [0.2, 0.25) is 0 Å². The summed E-state index contributed by atoms with van der Waals surface area (Å²) in [4.78, 5) is 14.9. The van der Waals surface area contributed by atoms with Gasteiger partial charge in [-0.25, -0.2) is 0 Å². The van der Waals surface area contributed by atoms with Crippen LogP contribution in [-0.2, 0) is 20.0 Å². The first kappa shape index (κ1) is 17.5. The molecule has 0 radical (unpaired) electrons.